The van der Waals surface area contributed by atoms with Crippen LogP contribution in [0, 0.1) is 5.92 Å². The number of pyridine rings is 1. The first-order chi connectivity index (χ1) is 8.57. The van der Waals surface area contributed by atoms with E-state index in [0.717, 1.165) is 16.5 Å². The van der Waals surface area contributed by atoms with Crippen LogP contribution < -0.4 is 5.73 Å². The Morgan fingerprint density at radius 3 is 2.67 bits per heavy atom. The van der Waals surface area contributed by atoms with Crippen LogP contribution in [0.5, 0.6) is 0 Å². The molecule has 96 valence electrons. The van der Waals surface area contributed by atoms with Gasteiger partial charge in [0.1, 0.15) is 0 Å². The number of rotatable bonds is 4. The lowest BCUT2D eigenvalue weighted by atomic mass is 9.83. The summed E-state index contributed by atoms with van der Waals surface area (Å²) in [5.41, 5.74) is 6.93. The second-order valence-corrected chi connectivity index (χ2v) is 5.13. The number of hydrogen-bond donors (Lipinski definition) is 2. The summed E-state index contributed by atoms with van der Waals surface area (Å²) in [6, 6.07) is 9.94. The minimum absolute atomic E-state index is 0.120. The lowest BCUT2D eigenvalue weighted by molar-refractivity contribution is 0.00435. The van der Waals surface area contributed by atoms with E-state index < -0.39 is 5.60 Å². The maximum atomic E-state index is 10.6. The van der Waals surface area contributed by atoms with Gasteiger partial charge in [0, 0.05) is 24.5 Å². The average molecular weight is 244 g/mol. The van der Waals surface area contributed by atoms with E-state index in [1.807, 2.05) is 44.2 Å². The van der Waals surface area contributed by atoms with Crippen molar-refractivity contribution in [2.75, 3.05) is 6.54 Å². The second-order valence-electron chi connectivity index (χ2n) is 5.13. The van der Waals surface area contributed by atoms with Gasteiger partial charge in [-0.15, -0.1) is 0 Å². The smallest absolute Gasteiger partial charge is 0.0832 e. The third-order valence-corrected chi connectivity index (χ3v) is 3.66. The first kappa shape index (κ1) is 13.0. The molecule has 0 aliphatic rings. The molecule has 0 spiro atoms. The van der Waals surface area contributed by atoms with Gasteiger partial charge in [0.25, 0.3) is 0 Å². The standard InChI is InChI=1S/C15H20N2O/c1-11(2)15(18,10-16)9-12-7-8-17-14-6-4-3-5-13(12)14/h3-8,11,18H,9-10,16H2,1-2H3. The highest BCUT2D eigenvalue weighted by atomic mass is 16.3. The van der Waals surface area contributed by atoms with Crippen LogP contribution in [0.25, 0.3) is 10.9 Å². The summed E-state index contributed by atoms with van der Waals surface area (Å²) in [4.78, 5) is 4.33. The van der Waals surface area contributed by atoms with Gasteiger partial charge >= 0.3 is 0 Å². The van der Waals surface area contributed by atoms with E-state index >= 15 is 0 Å². The summed E-state index contributed by atoms with van der Waals surface area (Å²) in [5.74, 6) is 0.120. The predicted octanol–water partition coefficient (Wildman–Crippen LogP) is 2.12. The van der Waals surface area contributed by atoms with Crippen LogP contribution in [-0.4, -0.2) is 22.2 Å². The van der Waals surface area contributed by atoms with Crippen LogP contribution in [0.1, 0.15) is 19.4 Å². The van der Waals surface area contributed by atoms with Gasteiger partial charge in [-0.05, 0) is 23.6 Å². The lowest BCUT2D eigenvalue weighted by Gasteiger charge is -2.31. The molecule has 0 fully saturated rings. The molecule has 2 rings (SSSR count). The fraction of sp³-hybridized carbons (Fsp3) is 0.400. The fourth-order valence-corrected chi connectivity index (χ4v) is 2.15. The molecule has 1 unspecified atom stereocenters. The summed E-state index contributed by atoms with van der Waals surface area (Å²) in [7, 11) is 0. The Hall–Kier alpha value is -1.45. The van der Waals surface area contributed by atoms with Crippen molar-refractivity contribution in [2.24, 2.45) is 11.7 Å². The topological polar surface area (TPSA) is 59.1 Å². The maximum Gasteiger partial charge on any atom is 0.0832 e. The molecule has 3 N–H and O–H groups in total. The second kappa shape index (κ2) is 5.04. The number of benzene rings is 1. The molecule has 3 nitrogen and oxygen atoms in total. The van der Waals surface area contributed by atoms with Gasteiger partial charge in [-0.3, -0.25) is 4.98 Å². The molecule has 1 atom stereocenters. The van der Waals surface area contributed by atoms with Gasteiger partial charge in [0.2, 0.25) is 0 Å². The van der Waals surface area contributed by atoms with E-state index in [2.05, 4.69) is 4.98 Å². The molecule has 0 aliphatic heterocycles. The molecule has 1 aromatic heterocycles. The molecule has 0 radical (unpaired) electrons. The highest BCUT2D eigenvalue weighted by Gasteiger charge is 2.30. The van der Waals surface area contributed by atoms with Crippen molar-refractivity contribution in [3.8, 4) is 0 Å². The highest BCUT2D eigenvalue weighted by Crippen LogP contribution is 2.25. The highest BCUT2D eigenvalue weighted by molar-refractivity contribution is 5.81. The summed E-state index contributed by atoms with van der Waals surface area (Å²) >= 11 is 0. The van der Waals surface area contributed by atoms with Crippen molar-refractivity contribution in [1.82, 2.24) is 4.98 Å². The van der Waals surface area contributed by atoms with Crippen LogP contribution in [0.3, 0.4) is 0 Å². The zero-order chi connectivity index (χ0) is 13.2. The quantitative estimate of drug-likeness (QED) is 0.866. The predicted molar refractivity (Wildman–Crippen MR) is 74.3 cm³/mol. The number of hydrogen-bond acceptors (Lipinski definition) is 3. The molecule has 3 heteroatoms. The van der Waals surface area contributed by atoms with Crippen LogP contribution in [-0.2, 0) is 6.42 Å². The van der Waals surface area contributed by atoms with Crippen molar-refractivity contribution in [3.05, 3.63) is 42.1 Å². The Morgan fingerprint density at radius 2 is 2.00 bits per heavy atom. The molecular formula is C15H20N2O. The number of aliphatic hydroxyl groups is 1. The van der Waals surface area contributed by atoms with Crippen molar-refractivity contribution in [2.45, 2.75) is 25.9 Å². The normalized spacial score (nSPS) is 14.9. The Bertz CT molecular complexity index is 534. The number of aromatic nitrogens is 1. The molecule has 18 heavy (non-hydrogen) atoms. The number of para-hydroxylation sites is 1. The molecule has 0 saturated heterocycles. The largest absolute Gasteiger partial charge is 0.388 e. The molecule has 1 aromatic carbocycles. The minimum Gasteiger partial charge on any atom is -0.388 e. The van der Waals surface area contributed by atoms with E-state index in [0.29, 0.717) is 6.42 Å². The molecular weight excluding hydrogens is 224 g/mol. The Morgan fingerprint density at radius 1 is 1.28 bits per heavy atom. The molecule has 0 aliphatic carbocycles. The monoisotopic (exact) mass is 244 g/mol. The summed E-state index contributed by atoms with van der Waals surface area (Å²) in [6.07, 6.45) is 2.35. The molecule has 0 saturated carbocycles. The third kappa shape index (κ3) is 2.37. The van der Waals surface area contributed by atoms with Gasteiger partial charge < -0.3 is 10.8 Å². The van der Waals surface area contributed by atoms with E-state index in [9.17, 15) is 5.11 Å². The molecule has 2 aromatic rings. The van der Waals surface area contributed by atoms with Crippen LogP contribution in [0.4, 0.5) is 0 Å². The SMILES string of the molecule is CC(C)C(O)(CN)Cc1ccnc2ccccc12. The number of nitrogens with zero attached hydrogens (tertiary/aromatic N) is 1. The van der Waals surface area contributed by atoms with Gasteiger partial charge in [-0.25, -0.2) is 0 Å². The van der Waals surface area contributed by atoms with E-state index in [1.165, 1.54) is 0 Å². The van der Waals surface area contributed by atoms with E-state index in [1.54, 1.807) is 6.20 Å². The van der Waals surface area contributed by atoms with Crippen LogP contribution >= 0.6 is 0 Å². The number of fused-ring (bicyclic) bond motifs is 1. The lowest BCUT2D eigenvalue weighted by Crippen LogP contribution is -2.44. The maximum absolute atomic E-state index is 10.6. The molecule has 0 amide bonds. The van der Waals surface area contributed by atoms with Crippen molar-refractivity contribution >= 4 is 10.9 Å². The van der Waals surface area contributed by atoms with Crippen molar-refractivity contribution < 1.29 is 5.11 Å². The third-order valence-electron chi connectivity index (χ3n) is 3.66. The van der Waals surface area contributed by atoms with E-state index in [-0.39, 0.29) is 12.5 Å². The zero-order valence-corrected chi connectivity index (χ0v) is 10.9. The average Bonchev–Trinajstić information content (AvgIpc) is 2.39. The summed E-state index contributed by atoms with van der Waals surface area (Å²) in [5, 5.41) is 11.7. The van der Waals surface area contributed by atoms with Crippen LogP contribution in [0.15, 0.2) is 36.5 Å². The Kier molecular flexibility index (Phi) is 3.64. The Labute approximate surface area is 108 Å². The van der Waals surface area contributed by atoms with Gasteiger partial charge in [0.15, 0.2) is 0 Å². The van der Waals surface area contributed by atoms with Gasteiger partial charge in [0.05, 0.1) is 11.1 Å². The number of nitrogens with two attached hydrogens (primary N) is 1. The Balaban J connectivity index is 2.43. The summed E-state index contributed by atoms with van der Waals surface area (Å²) < 4.78 is 0. The fourth-order valence-electron chi connectivity index (χ4n) is 2.15. The first-order valence-corrected chi connectivity index (χ1v) is 6.32. The van der Waals surface area contributed by atoms with Crippen LogP contribution in [0.2, 0.25) is 0 Å². The minimum atomic E-state index is -0.857. The van der Waals surface area contributed by atoms with Gasteiger partial charge in [-0.1, -0.05) is 32.0 Å². The molecule has 1 heterocycles. The van der Waals surface area contributed by atoms with Crippen molar-refractivity contribution in [3.63, 3.8) is 0 Å². The van der Waals surface area contributed by atoms with Gasteiger partial charge in [-0.2, -0.15) is 0 Å². The first-order valence-electron chi connectivity index (χ1n) is 6.32. The van der Waals surface area contributed by atoms with E-state index in [4.69, 9.17) is 5.73 Å². The van der Waals surface area contributed by atoms with Crippen molar-refractivity contribution in [1.29, 1.82) is 0 Å². The summed E-state index contributed by atoms with van der Waals surface area (Å²) in [6.45, 7) is 4.26. The zero-order valence-electron chi connectivity index (χ0n) is 10.9. The molecule has 0 bridgehead atoms.